The van der Waals surface area contributed by atoms with Crippen LogP contribution in [0.4, 0.5) is 0 Å². The molecule has 4 saturated carbocycles. The van der Waals surface area contributed by atoms with Gasteiger partial charge in [0.15, 0.2) is 0 Å². The van der Waals surface area contributed by atoms with E-state index in [0.29, 0.717) is 29.1 Å². The molecule has 0 aromatic heterocycles. The number of unbranched alkanes of at least 4 members (excludes halogenated alkanes) is 1. The fourth-order valence-corrected chi connectivity index (χ4v) is 10.6. The lowest BCUT2D eigenvalue weighted by Crippen LogP contribution is -2.53. The number of carbonyl (C=O) groups excluding carboxylic acids is 2. The highest BCUT2D eigenvalue weighted by atomic mass is 16.5. The van der Waals surface area contributed by atoms with Gasteiger partial charge in [-0.2, -0.15) is 0 Å². The van der Waals surface area contributed by atoms with Crippen molar-refractivity contribution in [3.8, 4) is 0 Å². The Bertz CT molecular complexity index is 844. The summed E-state index contributed by atoms with van der Waals surface area (Å²) in [6, 6.07) is -0.557. The zero-order valence-corrected chi connectivity index (χ0v) is 26.1. The molecule has 5 nitrogen and oxygen atoms in total. The van der Waals surface area contributed by atoms with Gasteiger partial charge < -0.3 is 15.8 Å². The van der Waals surface area contributed by atoms with Gasteiger partial charge in [0.25, 0.3) is 0 Å². The van der Waals surface area contributed by atoms with E-state index in [1.54, 1.807) is 0 Å². The van der Waals surface area contributed by atoms with Crippen LogP contribution in [-0.2, 0) is 14.3 Å². The van der Waals surface area contributed by atoms with Crippen molar-refractivity contribution in [2.75, 3.05) is 13.7 Å². The molecule has 4 fully saturated rings. The third-order valence-corrected chi connectivity index (χ3v) is 12.9. The van der Waals surface area contributed by atoms with Crippen LogP contribution in [0, 0.1) is 58.2 Å². The van der Waals surface area contributed by atoms with E-state index in [1.165, 1.54) is 84.2 Å². The summed E-state index contributed by atoms with van der Waals surface area (Å²) in [6.45, 7) is 12.4. The van der Waals surface area contributed by atoms with Crippen molar-refractivity contribution in [1.82, 2.24) is 5.32 Å². The summed E-state index contributed by atoms with van der Waals surface area (Å²) in [5.74, 6) is 5.48. The van der Waals surface area contributed by atoms with Crippen LogP contribution >= 0.6 is 0 Å². The van der Waals surface area contributed by atoms with Crippen molar-refractivity contribution in [3.05, 3.63) is 0 Å². The first-order valence-corrected chi connectivity index (χ1v) is 16.6. The van der Waals surface area contributed by atoms with E-state index < -0.39 is 6.04 Å². The van der Waals surface area contributed by atoms with Crippen LogP contribution in [0.1, 0.15) is 125 Å². The molecule has 0 radical (unpaired) electrons. The fourth-order valence-electron chi connectivity index (χ4n) is 10.6. The quantitative estimate of drug-likeness (QED) is 0.214. The maximum Gasteiger partial charge on any atom is 0.328 e. The third-order valence-electron chi connectivity index (χ3n) is 12.9. The Morgan fingerprint density at radius 1 is 0.949 bits per heavy atom. The molecular formula is C34H60N2O3. The molecule has 0 heterocycles. The smallest absolute Gasteiger partial charge is 0.328 e. The van der Waals surface area contributed by atoms with Crippen molar-refractivity contribution in [2.45, 2.75) is 131 Å². The molecule has 0 aromatic rings. The molecule has 39 heavy (non-hydrogen) atoms. The molecule has 0 saturated heterocycles. The molecule has 3 N–H and O–H groups in total. The van der Waals surface area contributed by atoms with Gasteiger partial charge in [-0.3, -0.25) is 4.79 Å². The number of hydrogen-bond donors (Lipinski definition) is 2. The number of amides is 1. The summed E-state index contributed by atoms with van der Waals surface area (Å²) in [4.78, 5) is 24.9. The van der Waals surface area contributed by atoms with Gasteiger partial charge in [0.05, 0.1) is 7.11 Å². The molecule has 0 bridgehead atoms. The minimum Gasteiger partial charge on any atom is -0.467 e. The number of nitrogens with two attached hydrogens (primary N) is 1. The summed E-state index contributed by atoms with van der Waals surface area (Å²) in [6.07, 6.45) is 18.1. The molecule has 10 atom stereocenters. The number of hydrogen-bond acceptors (Lipinski definition) is 4. The zero-order chi connectivity index (χ0) is 28.4. The van der Waals surface area contributed by atoms with E-state index in [-0.39, 0.29) is 17.8 Å². The zero-order valence-electron chi connectivity index (χ0n) is 26.1. The lowest BCUT2D eigenvalue weighted by atomic mass is 9.44. The van der Waals surface area contributed by atoms with Crippen LogP contribution in [0.5, 0.6) is 0 Å². The maximum absolute atomic E-state index is 12.8. The van der Waals surface area contributed by atoms with Gasteiger partial charge in [0, 0.05) is 6.42 Å². The molecule has 1 amide bonds. The van der Waals surface area contributed by atoms with Crippen molar-refractivity contribution in [2.24, 2.45) is 63.9 Å². The molecule has 0 aromatic carbocycles. The summed E-state index contributed by atoms with van der Waals surface area (Å²) in [5.41, 5.74) is 6.75. The minimum atomic E-state index is -0.557. The highest BCUT2D eigenvalue weighted by Crippen LogP contribution is 2.68. The average Bonchev–Trinajstić information content (AvgIpc) is 3.27. The van der Waals surface area contributed by atoms with Crippen LogP contribution < -0.4 is 11.1 Å². The predicted molar refractivity (Wildman–Crippen MR) is 159 cm³/mol. The van der Waals surface area contributed by atoms with Crippen molar-refractivity contribution >= 4 is 11.9 Å². The Kier molecular flexibility index (Phi) is 10.1. The maximum atomic E-state index is 12.8. The fraction of sp³-hybridized carbons (Fsp3) is 0.941. The van der Waals surface area contributed by atoms with E-state index in [0.717, 1.165) is 42.6 Å². The Labute approximate surface area is 239 Å². The first-order valence-electron chi connectivity index (χ1n) is 16.6. The Morgan fingerprint density at radius 2 is 1.67 bits per heavy atom. The molecule has 4 unspecified atom stereocenters. The molecule has 4 aliphatic carbocycles. The van der Waals surface area contributed by atoms with Gasteiger partial charge in [-0.1, -0.05) is 47.5 Å². The number of fused-ring (bicyclic) bond motifs is 5. The Balaban J connectivity index is 1.34. The van der Waals surface area contributed by atoms with Crippen molar-refractivity contribution in [3.63, 3.8) is 0 Å². The lowest BCUT2D eigenvalue weighted by Gasteiger charge is -2.61. The second kappa shape index (κ2) is 12.8. The average molecular weight is 545 g/mol. The SMILES string of the molecule is COC(=O)[C@H](NC(=O)CC[C@@H](C)[C@H]1CCC2C3CCC4C[C@@H](CCCCN)CC[C@]4(C)C3CC[C@@]21C)C(C)C. The van der Waals surface area contributed by atoms with Crippen molar-refractivity contribution in [1.29, 1.82) is 0 Å². The molecule has 0 spiro atoms. The minimum absolute atomic E-state index is 0.0146. The standard InChI is InChI=1S/C34H60N2O3/c1-22(2)31(32(38)39-6)36-30(37)15-10-23(3)27-13-14-28-26-12-11-25-21-24(9-7-8-20-35)16-18-33(25,4)29(26)17-19-34(27,28)5/h22-29,31H,7-21,35H2,1-6H3,(H,36,37)/t23-,24+,25?,26?,27-,28?,29?,31-,33+,34-/m1/s1. The monoisotopic (exact) mass is 544 g/mol. The van der Waals surface area contributed by atoms with Gasteiger partial charge in [-0.05, 0) is 135 Å². The second-order valence-electron chi connectivity index (χ2n) is 15.1. The largest absolute Gasteiger partial charge is 0.467 e. The number of esters is 1. The highest BCUT2D eigenvalue weighted by molar-refractivity contribution is 5.84. The van der Waals surface area contributed by atoms with Gasteiger partial charge in [-0.25, -0.2) is 4.79 Å². The summed E-state index contributed by atoms with van der Waals surface area (Å²) < 4.78 is 4.90. The highest BCUT2D eigenvalue weighted by Gasteiger charge is 2.60. The van der Waals surface area contributed by atoms with Gasteiger partial charge in [-0.15, -0.1) is 0 Å². The number of ether oxygens (including phenoxy) is 1. The van der Waals surface area contributed by atoms with E-state index >= 15 is 0 Å². The van der Waals surface area contributed by atoms with E-state index in [2.05, 4.69) is 26.1 Å². The lowest BCUT2D eigenvalue weighted by molar-refractivity contribution is -0.146. The molecule has 4 aliphatic rings. The summed E-state index contributed by atoms with van der Waals surface area (Å²) in [7, 11) is 1.39. The Hall–Kier alpha value is -1.10. The second-order valence-corrected chi connectivity index (χ2v) is 15.1. The molecule has 4 rings (SSSR count). The van der Waals surface area contributed by atoms with E-state index in [9.17, 15) is 9.59 Å². The summed E-state index contributed by atoms with van der Waals surface area (Å²) in [5, 5.41) is 2.94. The van der Waals surface area contributed by atoms with Crippen LogP contribution in [0.3, 0.4) is 0 Å². The first kappa shape index (κ1) is 30.8. The number of rotatable bonds is 11. The molecule has 5 heteroatoms. The van der Waals surface area contributed by atoms with E-state index in [1.807, 2.05) is 13.8 Å². The number of carbonyl (C=O) groups is 2. The topological polar surface area (TPSA) is 81.4 Å². The summed E-state index contributed by atoms with van der Waals surface area (Å²) >= 11 is 0. The van der Waals surface area contributed by atoms with Crippen molar-refractivity contribution < 1.29 is 14.3 Å². The van der Waals surface area contributed by atoms with Crippen LogP contribution in [-0.4, -0.2) is 31.6 Å². The molecular weight excluding hydrogens is 484 g/mol. The normalized spacial score (nSPS) is 39.3. The number of methoxy groups -OCH3 is 1. The van der Waals surface area contributed by atoms with Gasteiger partial charge in [0.1, 0.15) is 6.04 Å². The molecule has 0 aliphatic heterocycles. The van der Waals surface area contributed by atoms with E-state index in [4.69, 9.17) is 10.5 Å². The van der Waals surface area contributed by atoms with Crippen LogP contribution in [0.15, 0.2) is 0 Å². The Morgan fingerprint density at radius 3 is 2.36 bits per heavy atom. The predicted octanol–water partition coefficient (Wildman–Crippen LogP) is 7.12. The van der Waals surface area contributed by atoms with Gasteiger partial charge >= 0.3 is 5.97 Å². The molecule has 224 valence electrons. The van der Waals surface area contributed by atoms with Crippen LogP contribution in [0.25, 0.3) is 0 Å². The van der Waals surface area contributed by atoms with Gasteiger partial charge in [0.2, 0.25) is 5.91 Å². The third kappa shape index (κ3) is 6.24. The number of nitrogens with one attached hydrogen (secondary N) is 1. The first-order chi connectivity index (χ1) is 18.5. The van der Waals surface area contributed by atoms with Crippen LogP contribution in [0.2, 0.25) is 0 Å².